The summed E-state index contributed by atoms with van der Waals surface area (Å²) in [7, 11) is 0. The molecule has 0 saturated carbocycles. The van der Waals surface area contributed by atoms with Crippen molar-refractivity contribution in [2.45, 2.75) is 77.6 Å². The van der Waals surface area contributed by atoms with Crippen molar-refractivity contribution in [1.29, 1.82) is 5.26 Å². The molecule has 0 atom stereocenters. The van der Waals surface area contributed by atoms with E-state index in [-0.39, 0.29) is 11.2 Å². The Balaban J connectivity index is 1.71. The maximum Gasteiger partial charge on any atom is 0.135 e. The van der Waals surface area contributed by atoms with E-state index in [1.54, 1.807) is 17.6 Å². The second kappa shape index (κ2) is 7.53. The molecule has 31 heavy (non-hydrogen) atoms. The van der Waals surface area contributed by atoms with Crippen LogP contribution in [0, 0.1) is 11.3 Å². The topological polar surface area (TPSA) is 69.5 Å². The molecule has 0 saturated heterocycles. The zero-order chi connectivity index (χ0) is 21.8. The Morgan fingerprint density at radius 3 is 2.55 bits per heavy atom. The summed E-state index contributed by atoms with van der Waals surface area (Å²) in [5.74, 6) is 1.32. The number of aliphatic imine (C=N–C) groups is 1. The van der Waals surface area contributed by atoms with Crippen molar-refractivity contribution in [3.8, 4) is 11.8 Å². The third-order valence-corrected chi connectivity index (χ3v) is 7.84. The maximum absolute atomic E-state index is 11.3. The predicted molar refractivity (Wildman–Crippen MR) is 126 cm³/mol. The smallest absolute Gasteiger partial charge is 0.135 e. The fraction of sp³-hybridized carbons (Fsp3) is 0.462. The monoisotopic (exact) mass is 432 g/mol. The van der Waals surface area contributed by atoms with Crippen LogP contribution in [0.4, 0.5) is 5.00 Å². The number of benzene rings is 1. The van der Waals surface area contributed by atoms with Gasteiger partial charge in [0.1, 0.15) is 28.2 Å². The number of phenols is 1. The van der Waals surface area contributed by atoms with Gasteiger partial charge in [-0.15, -0.1) is 11.3 Å². The van der Waals surface area contributed by atoms with E-state index in [1.807, 2.05) is 6.07 Å². The van der Waals surface area contributed by atoms with Gasteiger partial charge in [-0.1, -0.05) is 20.8 Å². The van der Waals surface area contributed by atoms with Crippen LogP contribution >= 0.6 is 11.3 Å². The molecule has 3 aromatic rings. The molecule has 5 heteroatoms. The van der Waals surface area contributed by atoms with Crippen LogP contribution in [0.25, 0.3) is 11.0 Å². The van der Waals surface area contributed by atoms with Gasteiger partial charge in [-0.2, -0.15) is 5.26 Å². The average Bonchev–Trinajstić information content (AvgIpc) is 3.29. The molecular formula is C26H28N2O2S. The Morgan fingerprint density at radius 1 is 1.10 bits per heavy atom. The molecule has 1 N–H and O–H groups in total. The number of hydrogen-bond donors (Lipinski definition) is 1. The number of aromatic hydroxyl groups is 1. The summed E-state index contributed by atoms with van der Waals surface area (Å²) in [4.78, 5) is 6.08. The van der Waals surface area contributed by atoms with Crippen molar-refractivity contribution in [3.63, 3.8) is 0 Å². The van der Waals surface area contributed by atoms with Gasteiger partial charge in [0.05, 0.1) is 5.56 Å². The van der Waals surface area contributed by atoms with Gasteiger partial charge in [-0.3, -0.25) is 0 Å². The molecule has 0 spiro atoms. The minimum absolute atomic E-state index is 0.228. The van der Waals surface area contributed by atoms with E-state index in [0.717, 1.165) is 77.8 Å². The summed E-state index contributed by atoms with van der Waals surface area (Å²) in [6.45, 7) is 6.29. The molecule has 2 aliphatic rings. The Labute approximate surface area is 187 Å². The van der Waals surface area contributed by atoms with E-state index in [9.17, 15) is 10.4 Å². The van der Waals surface area contributed by atoms with E-state index < -0.39 is 0 Å². The highest BCUT2D eigenvalue weighted by molar-refractivity contribution is 7.16. The van der Waals surface area contributed by atoms with Crippen molar-refractivity contribution < 1.29 is 9.52 Å². The highest BCUT2D eigenvalue weighted by Crippen LogP contribution is 2.43. The van der Waals surface area contributed by atoms with Gasteiger partial charge in [0.15, 0.2) is 0 Å². The number of thiophene rings is 1. The van der Waals surface area contributed by atoms with E-state index in [1.165, 1.54) is 22.4 Å². The second-order valence-corrected chi connectivity index (χ2v) is 10.9. The lowest BCUT2D eigenvalue weighted by Gasteiger charge is -2.21. The summed E-state index contributed by atoms with van der Waals surface area (Å²) in [5.41, 5.74) is 5.31. The Morgan fingerprint density at radius 2 is 1.81 bits per heavy atom. The number of rotatable bonds is 2. The lowest BCUT2D eigenvalue weighted by molar-refractivity contribution is 0.446. The SMILES string of the molecule is CC(C)(C)c1cc2oc3c(c2c(/C=N/c2sc4c(c2C#N)CCCC4)c1O)CCCC3. The van der Waals surface area contributed by atoms with Crippen molar-refractivity contribution in [3.05, 3.63) is 44.5 Å². The molecule has 2 aliphatic carbocycles. The summed E-state index contributed by atoms with van der Waals surface area (Å²) < 4.78 is 6.26. The molecule has 0 bridgehead atoms. The number of hydrogen-bond acceptors (Lipinski definition) is 5. The van der Waals surface area contributed by atoms with Crippen LogP contribution in [0.15, 0.2) is 15.5 Å². The molecule has 4 nitrogen and oxygen atoms in total. The van der Waals surface area contributed by atoms with Crippen LogP contribution in [0.1, 0.15) is 84.9 Å². The van der Waals surface area contributed by atoms with Crippen molar-refractivity contribution in [1.82, 2.24) is 0 Å². The number of aryl methyl sites for hydroxylation is 3. The van der Waals surface area contributed by atoms with Crippen LogP contribution in [0.2, 0.25) is 0 Å². The van der Waals surface area contributed by atoms with E-state index in [2.05, 4.69) is 26.8 Å². The fourth-order valence-electron chi connectivity index (χ4n) is 5.03. The lowest BCUT2D eigenvalue weighted by Crippen LogP contribution is -2.12. The van der Waals surface area contributed by atoms with Crippen molar-refractivity contribution >= 4 is 33.5 Å². The number of furan rings is 1. The Bertz CT molecular complexity index is 1250. The summed E-state index contributed by atoms with van der Waals surface area (Å²) >= 11 is 1.63. The van der Waals surface area contributed by atoms with Gasteiger partial charge < -0.3 is 9.52 Å². The molecule has 0 unspecified atom stereocenters. The summed E-state index contributed by atoms with van der Waals surface area (Å²) in [5, 5.41) is 22.8. The lowest BCUT2D eigenvalue weighted by atomic mass is 9.83. The van der Waals surface area contributed by atoms with Crippen LogP contribution in [0.3, 0.4) is 0 Å². The molecular weight excluding hydrogens is 404 g/mol. The molecule has 0 radical (unpaired) electrons. The van der Waals surface area contributed by atoms with E-state index in [4.69, 9.17) is 9.41 Å². The number of nitrogens with zero attached hydrogens (tertiary/aromatic N) is 2. The molecule has 5 rings (SSSR count). The van der Waals surface area contributed by atoms with Crippen LogP contribution in [-0.2, 0) is 31.1 Å². The highest BCUT2D eigenvalue weighted by atomic mass is 32.1. The standard InChI is InChI=1S/C26H28N2O2S/c1-26(2,3)19-12-21-23(16-9-4-6-10-20(16)30-21)18(24(19)29)14-28-25-17(13-27)15-8-5-7-11-22(15)31-25/h12,14,29H,4-11H2,1-3H3/b28-14+. The molecule has 2 aromatic heterocycles. The highest BCUT2D eigenvalue weighted by Gasteiger charge is 2.27. The van der Waals surface area contributed by atoms with Gasteiger partial charge in [0.2, 0.25) is 0 Å². The first-order chi connectivity index (χ1) is 14.9. The first-order valence-corrected chi connectivity index (χ1v) is 12.1. The minimum atomic E-state index is -0.228. The average molecular weight is 433 g/mol. The van der Waals surface area contributed by atoms with Crippen LogP contribution in [-0.4, -0.2) is 11.3 Å². The number of fused-ring (bicyclic) bond motifs is 4. The minimum Gasteiger partial charge on any atom is -0.507 e. The predicted octanol–water partition coefficient (Wildman–Crippen LogP) is 6.88. The zero-order valence-corrected chi connectivity index (χ0v) is 19.3. The zero-order valence-electron chi connectivity index (χ0n) is 18.5. The Hall–Kier alpha value is -2.58. The second-order valence-electron chi connectivity index (χ2n) is 9.78. The molecule has 0 aliphatic heterocycles. The van der Waals surface area contributed by atoms with Gasteiger partial charge in [0.25, 0.3) is 0 Å². The first-order valence-electron chi connectivity index (χ1n) is 11.3. The van der Waals surface area contributed by atoms with Crippen LogP contribution < -0.4 is 0 Å². The first kappa shape index (κ1) is 20.3. The molecule has 2 heterocycles. The largest absolute Gasteiger partial charge is 0.507 e. The number of nitriles is 1. The van der Waals surface area contributed by atoms with Crippen molar-refractivity contribution in [2.75, 3.05) is 0 Å². The molecule has 0 fully saturated rings. The molecule has 160 valence electrons. The van der Waals surface area contributed by atoms with Crippen LogP contribution in [0.5, 0.6) is 5.75 Å². The molecule has 0 amide bonds. The summed E-state index contributed by atoms with van der Waals surface area (Å²) in [6, 6.07) is 4.39. The van der Waals surface area contributed by atoms with Gasteiger partial charge in [-0.05, 0) is 62.0 Å². The maximum atomic E-state index is 11.3. The van der Waals surface area contributed by atoms with E-state index >= 15 is 0 Å². The van der Waals surface area contributed by atoms with Crippen molar-refractivity contribution in [2.24, 2.45) is 4.99 Å². The third kappa shape index (κ3) is 3.38. The van der Waals surface area contributed by atoms with Gasteiger partial charge in [0, 0.05) is 39.6 Å². The normalized spacial score (nSPS) is 16.5. The van der Waals surface area contributed by atoms with Gasteiger partial charge in [-0.25, -0.2) is 4.99 Å². The fourth-order valence-corrected chi connectivity index (χ4v) is 6.21. The Kier molecular flexibility index (Phi) is 4.94. The van der Waals surface area contributed by atoms with Gasteiger partial charge >= 0.3 is 0 Å². The summed E-state index contributed by atoms with van der Waals surface area (Å²) in [6.07, 6.45) is 10.3. The quantitative estimate of drug-likeness (QED) is 0.449. The third-order valence-electron chi connectivity index (χ3n) is 6.64. The number of phenolic OH excluding ortho intramolecular Hbond substituents is 1. The van der Waals surface area contributed by atoms with E-state index in [0.29, 0.717) is 5.56 Å². The molecule has 1 aromatic carbocycles.